The van der Waals surface area contributed by atoms with Gasteiger partial charge in [-0.2, -0.15) is 13.2 Å². The summed E-state index contributed by atoms with van der Waals surface area (Å²) in [6, 6.07) is 0. The van der Waals surface area contributed by atoms with Gasteiger partial charge in [0.1, 0.15) is 0 Å². The van der Waals surface area contributed by atoms with E-state index >= 15 is 0 Å². The van der Waals surface area contributed by atoms with Crippen molar-refractivity contribution in [3.8, 4) is 0 Å². The van der Waals surface area contributed by atoms with Crippen LogP contribution in [-0.4, -0.2) is 29.7 Å². The van der Waals surface area contributed by atoms with Crippen molar-refractivity contribution in [2.24, 2.45) is 11.7 Å². The van der Waals surface area contributed by atoms with Gasteiger partial charge in [-0.1, -0.05) is 0 Å². The molecule has 0 unspecified atom stereocenters. The van der Waals surface area contributed by atoms with Crippen molar-refractivity contribution >= 4 is 0 Å². The van der Waals surface area contributed by atoms with E-state index in [0.717, 1.165) is 12.8 Å². The zero-order valence-corrected chi connectivity index (χ0v) is 10.4. The maximum absolute atomic E-state index is 12.4. The summed E-state index contributed by atoms with van der Waals surface area (Å²) in [5.74, 6) is -0.802. The van der Waals surface area contributed by atoms with Crippen LogP contribution in [0.3, 0.4) is 0 Å². The quantitative estimate of drug-likeness (QED) is 0.916. The summed E-state index contributed by atoms with van der Waals surface area (Å²) in [4.78, 5) is 6.78. The van der Waals surface area contributed by atoms with Crippen molar-refractivity contribution < 1.29 is 17.9 Å². The van der Waals surface area contributed by atoms with Gasteiger partial charge in [-0.05, 0) is 30.9 Å². The zero-order chi connectivity index (χ0) is 13.9. The van der Waals surface area contributed by atoms with Gasteiger partial charge in [0.15, 0.2) is 0 Å². The Balaban J connectivity index is 2.14. The zero-order valence-electron chi connectivity index (χ0n) is 10.4. The molecule has 1 fully saturated rings. The Bertz CT molecular complexity index is 402. The predicted molar refractivity (Wildman–Crippen MR) is 62.4 cm³/mol. The van der Waals surface area contributed by atoms with Crippen molar-refractivity contribution in [1.29, 1.82) is 0 Å². The number of ether oxygens (including phenoxy) is 1. The summed E-state index contributed by atoms with van der Waals surface area (Å²) in [7, 11) is 0. The molecule has 0 aliphatic carbocycles. The van der Waals surface area contributed by atoms with Gasteiger partial charge in [0.05, 0.1) is 0 Å². The highest BCUT2D eigenvalue weighted by Gasteiger charge is 2.35. The fourth-order valence-corrected chi connectivity index (χ4v) is 2.39. The number of rotatable bonds is 3. The van der Waals surface area contributed by atoms with Gasteiger partial charge in [0, 0.05) is 31.5 Å². The molecule has 1 atom stereocenters. The highest BCUT2D eigenvalue weighted by molar-refractivity contribution is 5.14. The van der Waals surface area contributed by atoms with Gasteiger partial charge in [0.2, 0.25) is 5.82 Å². The summed E-state index contributed by atoms with van der Waals surface area (Å²) in [5, 5.41) is 0. The van der Waals surface area contributed by atoms with Crippen LogP contribution in [0.5, 0.6) is 0 Å². The van der Waals surface area contributed by atoms with E-state index in [0.29, 0.717) is 31.2 Å². The number of hydrogen-bond acceptors (Lipinski definition) is 4. The van der Waals surface area contributed by atoms with Crippen LogP contribution in [0.15, 0.2) is 12.4 Å². The third-order valence-electron chi connectivity index (χ3n) is 3.44. The topological polar surface area (TPSA) is 61.0 Å². The van der Waals surface area contributed by atoms with E-state index in [4.69, 9.17) is 10.5 Å². The van der Waals surface area contributed by atoms with Gasteiger partial charge in [-0.15, -0.1) is 0 Å². The molecule has 1 aromatic heterocycles. The Morgan fingerprint density at radius 3 is 2.32 bits per heavy atom. The minimum Gasteiger partial charge on any atom is -0.381 e. The number of aromatic nitrogens is 2. The lowest BCUT2D eigenvalue weighted by molar-refractivity contribution is -0.145. The van der Waals surface area contributed by atoms with Gasteiger partial charge in [-0.3, -0.25) is 0 Å². The van der Waals surface area contributed by atoms with E-state index in [1.165, 1.54) is 12.4 Å². The largest absolute Gasteiger partial charge is 0.451 e. The molecule has 2 heterocycles. The highest BCUT2D eigenvalue weighted by atomic mass is 19.4. The summed E-state index contributed by atoms with van der Waals surface area (Å²) in [5.41, 5.74) is 6.41. The van der Waals surface area contributed by atoms with E-state index in [2.05, 4.69) is 9.97 Å². The summed E-state index contributed by atoms with van der Waals surface area (Å²) < 4.78 is 42.4. The molecular weight excluding hydrogens is 259 g/mol. The standard InChI is InChI=1S/C12H16F3N3O/c13-12(14,15)11-17-6-9(7-18-11)10(5-16)8-1-3-19-4-2-8/h6-8,10H,1-5,16H2/t10-/m0/s1. The maximum Gasteiger partial charge on any atom is 0.451 e. The third kappa shape index (κ3) is 3.42. The van der Waals surface area contributed by atoms with Crippen LogP contribution in [0.25, 0.3) is 0 Å². The van der Waals surface area contributed by atoms with Crippen LogP contribution in [0, 0.1) is 5.92 Å². The Hall–Kier alpha value is -1.21. The third-order valence-corrected chi connectivity index (χ3v) is 3.44. The number of nitrogens with zero attached hydrogens (tertiary/aromatic N) is 2. The van der Waals surface area contributed by atoms with Crippen molar-refractivity contribution in [3.05, 3.63) is 23.8 Å². The van der Waals surface area contributed by atoms with Crippen molar-refractivity contribution in [2.45, 2.75) is 24.9 Å². The molecule has 0 bridgehead atoms. The number of alkyl halides is 3. The maximum atomic E-state index is 12.4. The van der Waals surface area contributed by atoms with Gasteiger partial charge in [0.25, 0.3) is 0 Å². The molecule has 1 aliphatic heterocycles. The Morgan fingerprint density at radius 1 is 1.26 bits per heavy atom. The summed E-state index contributed by atoms with van der Waals surface area (Å²) in [6.07, 6.45) is -0.299. The monoisotopic (exact) mass is 275 g/mol. The predicted octanol–water partition coefficient (Wildman–Crippen LogP) is 1.96. The van der Waals surface area contributed by atoms with Crippen molar-refractivity contribution in [1.82, 2.24) is 9.97 Å². The number of hydrogen-bond donors (Lipinski definition) is 1. The number of halogens is 3. The molecule has 0 saturated carbocycles. The first kappa shape index (κ1) is 14.2. The SMILES string of the molecule is NC[C@H](c1cnc(C(F)(F)F)nc1)C1CCOCC1. The first-order chi connectivity index (χ1) is 9.02. The molecule has 0 radical (unpaired) electrons. The van der Waals surface area contributed by atoms with Crippen LogP contribution in [0.4, 0.5) is 13.2 Å². The first-order valence-corrected chi connectivity index (χ1v) is 6.19. The van der Waals surface area contributed by atoms with E-state index in [9.17, 15) is 13.2 Å². The highest BCUT2D eigenvalue weighted by Crippen LogP contribution is 2.32. The van der Waals surface area contributed by atoms with Crippen LogP contribution >= 0.6 is 0 Å². The normalized spacial score (nSPS) is 19.4. The molecule has 1 saturated heterocycles. The molecule has 1 aliphatic rings. The average Bonchev–Trinajstić information content (AvgIpc) is 2.40. The number of nitrogens with two attached hydrogens (primary N) is 1. The van der Waals surface area contributed by atoms with E-state index in [1.807, 2.05) is 0 Å². The molecule has 0 spiro atoms. The van der Waals surface area contributed by atoms with Crippen molar-refractivity contribution in [2.75, 3.05) is 19.8 Å². The lowest BCUT2D eigenvalue weighted by Crippen LogP contribution is -2.27. The summed E-state index contributed by atoms with van der Waals surface area (Å²) in [6.45, 7) is 1.71. The molecular formula is C12H16F3N3O. The molecule has 0 aromatic carbocycles. The van der Waals surface area contributed by atoms with Crippen LogP contribution < -0.4 is 5.73 Å². The lowest BCUT2D eigenvalue weighted by atomic mass is 9.82. The average molecular weight is 275 g/mol. The molecule has 106 valence electrons. The minimum atomic E-state index is -4.50. The minimum absolute atomic E-state index is 0.00816. The fraction of sp³-hybridized carbons (Fsp3) is 0.667. The van der Waals surface area contributed by atoms with Gasteiger partial charge in [-0.25, -0.2) is 9.97 Å². The molecule has 7 heteroatoms. The second-order valence-corrected chi connectivity index (χ2v) is 4.63. The Kier molecular flexibility index (Phi) is 4.36. The van der Waals surface area contributed by atoms with Crippen molar-refractivity contribution in [3.63, 3.8) is 0 Å². The molecule has 1 aromatic rings. The molecule has 19 heavy (non-hydrogen) atoms. The fourth-order valence-electron chi connectivity index (χ4n) is 2.39. The smallest absolute Gasteiger partial charge is 0.381 e. The van der Waals surface area contributed by atoms with Crippen LogP contribution in [0.2, 0.25) is 0 Å². The van der Waals surface area contributed by atoms with E-state index < -0.39 is 12.0 Å². The molecule has 0 amide bonds. The lowest BCUT2D eigenvalue weighted by Gasteiger charge is -2.29. The van der Waals surface area contributed by atoms with Gasteiger partial charge < -0.3 is 10.5 Å². The summed E-state index contributed by atoms with van der Waals surface area (Å²) >= 11 is 0. The second-order valence-electron chi connectivity index (χ2n) is 4.63. The van der Waals surface area contributed by atoms with E-state index in [1.54, 1.807) is 0 Å². The first-order valence-electron chi connectivity index (χ1n) is 6.19. The van der Waals surface area contributed by atoms with E-state index in [-0.39, 0.29) is 5.92 Å². The molecule has 2 rings (SSSR count). The van der Waals surface area contributed by atoms with Crippen LogP contribution in [-0.2, 0) is 10.9 Å². The molecule has 4 nitrogen and oxygen atoms in total. The van der Waals surface area contributed by atoms with Gasteiger partial charge >= 0.3 is 6.18 Å². The molecule has 2 N–H and O–H groups in total. The Labute approximate surface area is 109 Å². The Morgan fingerprint density at radius 2 is 1.84 bits per heavy atom. The second kappa shape index (κ2) is 5.83. The van der Waals surface area contributed by atoms with Crippen LogP contribution in [0.1, 0.15) is 30.1 Å².